The average Bonchev–Trinajstić information content (AvgIpc) is 2.28. The Morgan fingerprint density at radius 3 is 2.61 bits per heavy atom. The minimum Gasteiger partial charge on any atom is -0.288 e. The highest BCUT2D eigenvalue weighted by molar-refractivity contribution is 8.13. The fraction of sp³-hybridized carbons (Fsp3) is 0.182. The van der Waals surface area contributed by atoms with Gasteiger partial charge in [-0.05, 0) is 6.07 Å². The van der Waals surface area contributed by atoms with E-state index in [2.05, 4.69) is 0 Å². The summed E-state index contributed by atoms with van der Waals surface area (Å²) < 4.78 is 0. The molecule has 0 radical (unpaired) electrons. The molecule has 0 aliphatic heterocycles. The molecule has 0 saturated heterocycles. The molecule has 1 rings (SSSR count). The van der Waals surface area contributed by atoms with Gasteiger partial charge in [0.15, 0.2) is 5.12 Å². The van der Waals surface area contributed by atoms with Crippen LogP contribution in [0.1, 0.15) is 12.5 Å². The number of halogens is 2. The Bertz CT molecular complexity index is 517. The van der Waals surface area contributed by atoms with Crippen molar-refractivity contribution in [2.45, 2.75) is 6.92 Å². The molecule has 96 valence electrons. The van der Waals surface area contributed by atoms with Crippen LogP contribution in [0.25, 0.3) is 6.08 Å². The van der Waals surface area contributed by atoms with E-state index in [1.807, 2.05) is 0 Å². The zero-order valence-corrected chi connectivity index (χ0v) is 11.7. The second-order valence-corrected chi connectivity index (χ2v) is 5.30. The van der Waals surface area contributed by atoms with Crippen molar-refractivity contribution in [3.05, 3.63) is 43.9 Å². The van der Waals surface area contributed by atoms with Gasteiger partial charge in [-0.3, -0.25) is 14.9 Å². The molecule has 1 aromatic rings. The van der Waals surface area contributed by atoms with Gasteiger partial charge in [0.2, 0.25) is 0 Å². The molecule has 0 unspecified atom stereocenters. The number of rotatable bonds is 4. The maximum Gasteiger partial charge on any atom is 0.278 e. The van der Waals surface area contributed by atoms with Crippen LogP contribution in [0.15, 0.2) is 18.2 Å². The number of carbonyl (C=O) groups excluding carboxylic acids is 1. The number of nitro groups is 1. The molecule has 1 aromatic carbocycles. The lowest BCUT2D eigenvalue weighted by Gasteiger charge is -2.00. The van der Waals surface area contributed by atoms with Crippen LogP contribution in [0.2, 0.25) is 10.0 Å². The number of benzene rings is 1. The molecule has 0 aromatic heterocycles. The molecule has 0 fully saturated rings. The first kappa shape index (κ1) is 15.0. The maximum absolute atomic E-state index is 10.8. The van der Waals surface area contributed by atoms with Crippen molar-refractivity contribution >= 4 is 51.8 Å². The van der Waals surface area contributed by atoms with Crippen LogP contribution in [0.4, 0.5) is 5.69 Å². The van der Waals surface area contributed by atoms with E-state index in [-0.39, 0.29) is 20.8 Å². The van der Waals surface area contributed by atoms with Gasteiger partial charge in [-0.15, -0.1) is 0 Å². The van der Waals surface area contributed by atoms with Gasteiger partial charge >= 0.3 is 0 Å². The lowest BCUT2D eigenvalue weighted by Crippen LogP contribution is -1.92. The topological polar surface area (TPSA) is 60.2 Å². The Balaban J connectivity index is 2.96. The molecular weight excluding hydrogens is 297 g/mol. The molecule has 0 saturated carbocycles. The molecule has 0 atom stereocenters. The van der Waals surface area contributed by atoms with Crippen molar-refractivity contribution in [3.8, 4) is 0 Å². The van der Waals surface area contributed by atoms with Crippen LogP contribution < -0.4 is 0 Å². The van der Waals surface area contributed by atoms with Crippen molar-refractivity contribution < 1.29 is 9.72 Å². The van der Waals surface area contributed by atoms with Crippen LogP contribution in [-0.2, 0) is 4.79 Å². The molecule has 0 aliphatic carbocycles. The lowest BCUT2D eigenvalue weighted by molar-refractivity contribution is -0.385. The van der Waals surface area contributed by atoms with Gasteiger partial charge in [0, 0.05) is 18.7 Å². The fourth-order valence-corrected chi connectivity index (χ4v) is 1.94. The highest BCUT2D eigenvalue weighted by atomic mass is 35.5. The van der Waals surface area contributed by atoms with Crippen LogP contribution in [0, 0.1) is 10.1 Å². The number of nitro benzene ring substituents is 1. The summed E-state index contributed by atoms with van der Waals surface area (Å²) in [6.07, 6.45) is 3.22. The summed E-state index contributed by atoms with van der Waals surface area (Å²) in [6.45, 7) is 1.46. The van der Waals surface area contributed by atoms with Crippen LogP contribution in [0.3, 0.4) is 0 Å². The molecule has 0 N–H and O–H groups in total. The SMILES string of the molecule is CC(=O)SCC=Cc1cc(Cl)c(Cl)cc1[N+](=O)[O-]. The highest BCUT2D eigenvalue weighted by Gasteiger charge is 2.14. The Labute approximate surface area is 118 Å². The molecule has 0 aliphatic rings. The summed E-state index contributed by atoms with van der Waals surface area (Å²) in [5.74, 6) is 0.451. The van der Waals surface area contributed by atoms with Gasteiger partial charge < -0.3 is 0 Å². The van der Waals surface area contributed by atoms with Gasteiger partial charge in [0.25, 0.3) is 5.69 Å². The minimum absolute atomic E-state index is 0.0108. The summed E-state index contributed by atoms with van der Waals surface area (Å²) in [6, 6.07) is 2.64. The van der Waals surface area contributed by atoms with E-state index in [1.54, 1.807) is 12.2 Å². The molecule has 0 bridgehead atoms. The second kappa shape index (κ2) is 6.78. The summed E-state index contributed by atoms with van der Waals surface area (Å²) in [5, 5.41) is 11.2. The minimum atomic E-state index is -0.528. The lowest BCUT2D eigenvalue weighted by atomic mass is 10.1. The predicted molar refractivity (Wildman–Crippen MR) is 75.3 cm³/mol. The number of carbonyl (C=O) groups is 1. The fourth-order valence-electron chi connectivity index (χ4n) is 1.18. The van der Waals surface area contributed by atoms with Crippen molar-refractivity contribution in [1.82, 2.24) is 0 Å². The van der Waals surface area contributed by atoms with E-state index in [0.717, 1.165) is 11.8 Å². The summed E-state index contributed by atoms with van der Waals surface area (Å²) in [4.78, 5) is 21.0. The van der Waals surface area contributed by atoms with Crippen molar-refractivity contribution in [3.63, 3.8) is 0 Å². The summed E-state index contributed by atoms with van der Waals surface area (Å²) in [7, 11) is 0. The summed E-state index contributed by atoms with van der Waals surface area (Å²) in [5.41, 5.74) is 0.243. The monoisotopic (exact) mass is 305 g/mol. The Morgan fingerprint density at radius 1 is 1.44 bits per heavy atom. The smallest absolute Gasteiger partial charge is 0.278 e. The van der Waals surface area contributed by atoms with E-state index in [1.165, 1.54) is 19.1 Å². The Kier molecular flexibility index (Phi) is 5.65. The number of nitrogens with zero attached hydrogens (tertiary/aromatic N) is 1. The molecule has 4 nitrogen and oxygen atoms in total. The van der Waals surface area contributed by atoms with Crippen molar-refractivity contribution in [1.29, 1.82) is 0 Å². The van der Waals surface area contributed by atoms with Gasteiger partial charge in [0.1, 0.15) is 0 Å². The van der Waals surface area contributed by atoms with Crippen molar-refractivity contribution in [2.24, 2.45) is 0 Å². The highest BCUT2D eigenvalue weighted by Crippen LogP contribution is 2.31. The first-order valence-corrected chi connectivity index (χ1v) is 6.59. The predicted octanol–water partition coefficient (Wildman–Crippen LogP) is 4.19. The van der Waals surface area contributed by atoms with E-state index in [4.69, 9.17) is 23.2 Å². The van der Waals surface area contributed by atoms with Crippen LogP contribution in [-0.4, -0.2) is 15.8 Å². The molecular formula is C11H9Cl2NO3S. The standard InChI is InChI=1S/C11H9Cl2NO3S/c1-7(15)18-4-2-3-8-5-9(12)10(13)6-11(8)14(16)17/h2-3,5-6H,4H2,1H3. The van der Waals surface area contributed by atoms with Gasteiger partial charge in [0.05, 0.1) is 20.5 Å². The van der Waals surface area contributed by atoms with Gasteiger partial charge in [-0.1, -0.05) is 47.1 Å². The maximum atomic E-state index is 10.8. The van der Waals surface area contributed by atoms with Crippen LogP contribution >= 0.6 is 35.0 Å². The van der Waals surface area contributed by atoms with E-state index < -0.39 is 4.92 Å². The number of hydrogen-bond donors (Lipinski definition) is 0. The molecule has 7 heteroatoms. The Morgan fingerprint density at radius 2 is 2.06 bits per heavy atom. The normalized spacial score (nSPS) is 10.8. The van der Waals surface area contributed by atoms with E-state index in [0.29, 0.717) is 11.3 Å². The number of thioether (sulfide) groups is 1. The third-order valence-electron chi connectivity index (χ3n) is 1.95. The largest absolute Gasteiger partial charge is 0.288 e. The van der Waals surface area contributed by atoms with Crippen molar-refractivity contribution in [2.75, 3.05) is 5.75 Å². The van der Waals surface area contributed by atoms with Gasteiger partial charge in [-0.2, -0.15) is 0 Å². The first-order chi connectivity index (χ1) is 8.41. The molecule has 0 amide bonds. The van der Waals surface area contributed by atoms with Gasteiger partial charge in [-0.25, -0.2) is 0 Å². The summed E-state index contributed by atoms with van der Waals surface area (Å²) >= 11 is 12.6. The third-order valence-corrected chi connectivity index (χ3v) is 3.43. The molecule has 18 heavy (non-hydrogen) atoms. The molecule has 0 heterocycles. The Hall–Kier alpha value is -1.04. The zero-order chi connectivity index (χ0) is 13.7. The quantitative estimate of drug-likeness (QED) is 0.618. The second-order valence-electron chi connectivity index (χ2n) is 3.29. The van der Waals surface area contributed by atoms with E-state index in [9.17, 15) is 14.9 Å². The van der Waals surface area contributed by atoms with Crippen LogP contribution in [0.5, 0.6) is 0 Å². The first-order valence-electron chi connectivity index (χ1n) is 4.85. The number of hydrogen-bond acceptors (Lipinski definition) is 4. The average molecular weight is 306 g/mol. The third kappa shape index (κ3) is 4.33. The molecule has 0 spiro atoms. The van der Waals surface area contributed by atoms with E-state index >= 15 is 0 Å². The zero-order valence-electron chi connectivity index (χ0n) is 9.35.